The van der Waals surface area contributed by atoms with Crippen molar-refractivity contribution in [3.05, 3.63) is 77.9 Å². The summed E-state index contributed by atoms with van der Waals surface area (Å²) in [6.45, 7) is 3.80. The van der Waals surface area contributed by atoms with E-state index in [0.717, 1.165) is 5.56 Å². The van der Waals surface area contributed by atoms with Gasteiger partial charge in [-0.05, 0) is 55.3 Å². The normalized spacial score (nSPS) is 11.1. The third kappa shape index (κ3) is 5.24. The number of sulfone groups is 1. The van der Waals surface area contributed by atoms with Crippen molar-refractivity contribution in [2.24, 2.45) is 0 Å². The number of amides is 1. The zero-order chi connectivity index (χ0) is 22.4. The van der Waals surface area contributed by atoms with Gasteiger partial charge >= 0.3 is 0 Å². The fraction of sp³-hybridized carbons (Fsp3) is 0.208. The number of aryl methyl sites for hydroxylation is 1. The Labute approximate surface area is 183 Å². The summed E-state index contributed by atoms with van der Waals surface area (Å²) in [6.07, 6.45) is 0.501. The molecule has 3 aromatic rings. The fourth-order valence-corrected chi connectivity index (χ4v) is 4.86. The first kappa shape index (κ1) is 22.4. The molecule has 0 aromatic heterocycles. The van der Waals surface area contributed by atoms with Gasteiger partial charge in [-0.3, -0.25) is 4.79 Å². The number of carbonyl (C=O) groups is 1. The van der Waals surface area contributed by atoms with Crippen LogP contribution in [-0.4, -0.2) is 28.0 Å². The second-order valence-electron chi connectivity index (χ2n) is 7.09. The standard InChI is InChI=1S/C24H26N2O4S/c1-4-21-22(25-16-24(27)26-18-7-5-8-19(15-18)30-3)9-6-10-23(21)31(28,29)20-13-11-17(2)12-14-20/h5-15,25H,4,16H2,1-3H3,(H,26,27). The van der Waals surface area contributed by atoms with Crippen LogP contribution in [0.1, 0.15) is 18.1 Å². The van der Waals surface area contributed by atoms with E-state index in [9.17, 15) is 13.2 Å². The van der Waals surface area contributed by atoms with Crippen molar-refractivity contribution < 1.29 is 17.9 Å². The van der Waals surface area contributed by atoms with E-state index in [1.54, 1.807) is 73.8 Å². The smallest absolute Gasteiger partial charge is 0.243 e. The third-order valence-electron chi connectivity index (χ3n) is 4.90. The summed E-state index contributed by atoms with van der Waals surface area (Å²) in [6, 6.07) is 18.9. The molecule has 0 unspecified atom stereocenters. The third-order valence-corrected chi connectivity index (χ3v) is 6.75. The van der Waals surface area contributed by atoms with Crippen LogP contribution in [0, 0.1) is 6.92 Å². The number of hydrogen-bond acceptors (Lipinski definition) is 5. The molecule has 0 saturated carbocycles. The summed E-state index contributed by atoms with van der Waals surface area (Å²) in [5.41, 5.74) is 2.89. The molecule has 0 saturated heterocycles. The van der Waals surface area contributed by atoms with Crippen LogP contribution in [0.3, 0.4) is 0 Å². The van der Waals surface area contributed by atoms with Crippen molar-refractivity contribution in [3.8, 4) is 5.75 Å². The molecule has 31 heavy (non-hydrogen) atoms. The molecule has 6 nitrogen and oxygen atoms in total. The molecule has 0 aliphatic carbocycles. The highest BCUT2D eigenvalue weighted by atomic mass is 32.2. The van der Waals surface area contributed by atoms with Gasteiger partial charge in [0.15, 0.2) is 0 Å². The summed E-state index contributed by atoms with van der Waals surface area (Å²) >= 11 is 0. The first-order valence-electron chi connectivity index (χ1n) is 9.96. The van der Waals surface area contributed by atoms with Crippen LogP contribution < -0.4 is 15.4 Å². The predicted molar refractivity (Wildman–Crippen MR) is 123 cm³/mol. The number of ether oxygens (including phenoxy) is 1. The summed E-state index contributed by atoms with van der Waals surface area (Å²) in [5.74, 6) is 0.398. The molecule has 7 heteroatoms. The van der Waals surface area contributed by atoms with Crippen molar-refractivity contribution in [3.63, 3.8) is 0 Å². The van der Waals surface area contributed by atoms with E-state index in [1.165, 1.54) is 0 Å². The lowest BCUT2D eigenvalue weighted by Gasteiger charge is -2.16. The minimum Gasteiger partial charge on any atom is -0.497 e. The van der Waals surface area contributed by atoms with E-state index in [4.69, 9.17) is 4.74 Å². The number of nitrogens with one attached hydrogen (secondary N) is 2. The molecule has 1 amide bonds. The lowest BCUT2D eigenvalue weighted by molar-refractivity contribution is -0.114. The molecule has 0 fully saturated rings. The Kier molecular flexibility index (Phi) is 6.97. The number of anilines is 2. The Morgan fingerprint density at radius 3 is 2.39 bits per heavy atom. The Morgan fingerprint density at radius 2 is 1.71 bits per heavy atom. The average molecular weight is 439 g/mol. The summed E-state index contributed by atoms with van der Waals surface area (Å²) in [5, 5.41) is 5.88. The maximum atomic E-state index is 13.2. The second-order valence-corrected chi connectivity index (χ2v) is 9.00. The van der Waals surface area contributed by atoms with Gasteiger partial charge in [-0.1, -0.05) is 36.8 Å². The number of rotatable bonds is 8. The number of carbonyl (C=O) groups excluding carboxylic acids is 1. The molecule has 3 aromatic carbocycles. The highest BCUT2D eigenvalue weighted by molar-refractivity contribution is 7.91. The number of methoxy groups -OCH3 is 1. The van der Waals surface area contributed by atoms with E-state index in [2.05, 4.69) is 10.6 Å². The monoisotopic (exact) mass is 438 g/mol. The number of hydrogen-bond donors (Lipinski definition) is 2. The van der Waals surface area contributed by atoms with Gasteiger partial charge in [0.1, 0.15) is 5.75 Å². The SMILES string of the molecule is CCc1c(NCC(=O)Nc2cccc(OC)c2)cccc1S(=O)(=O)c1ccc(C)cc1. The highest BCUT2D eigenvalue weighted by Crippen LogP contribution is 2.29. The fourth-order valence-electron chi connectivity index (χ4n) is 3.27. The topological polar surface area (TPSA) is 84.5 Å². The highest BCUT2D eigenvalue weighted by Gasteiger charge is 2.22. The molecule has 0 heterocycles. The van der Waals surface area contributed by atoms with Gasteiger partial charge in [-0.25, -0.2) is 8.42 Å². The minimum atomic E-state index is -3.67. The predicted octanol–water partition coefficient (Wildman–Crippen LogP) is 4.45. The number of benzene rings is 3. The molecule has 3 rings (SSSR count). The average Bonchev–Trinajstić information content (AvgIpc) is 2.77. The minimum absolute atomic E-state index is 0.00174. The quantitative estimate of drug-likeness (QED) is 0.543. The van der Waals surface area contributed by atoms with Gasteiger partial charge in [0.05, 0.1) is 23.4 Å². The van der Waals surface area contributed by atoms with Crippen LogP contribution in [-0.2, 0) is 21.1 Å². The van der Waals surface area contributed by atoms with E-state index < -0.39 is 9.84 Å². The van der Waals surface area contributed by atoms with Crippen LogP contribution in [0.15, 0.2) is 76.5 Å². The largest absolute Gasteiger partial charge is 0.497 e. The van der Waals surface area contributed by atoms with E-state index in [1.807, 2.05) is 13.8 Å². The summed E-state index contributed by atoms with van der Waals surface area (Å²) in [4.78, 5) is 12.9. The molecule has 0 bridgehead atoms. The van der Waals surface area contributed by atoms with Gasteiger partial charge < -0.3 is 15.4 Å². The molecule has 0 aliphatic rings. The van der Waals surface area contributed by atoms with E-state index >= 15 is 0 Å². The Bertz CT molecular complexity index is 1170. The van der Waals surface area contributed by atoms with Gasteiger partial charge in [0.25, 0.3) is 0 Å². The molecule has 0 radical (unpaired) electrons. The second kappa shape index (κ2) is 9.66. The van der Waals surface area contributed by atoms with Crippen molar-refractivity contribution in [2.75, 3.05) is 24.3 Å². The maximum Gasteiger partial charge on any atom is 0.243 e. The summed E-state index contributed by atoms with van der Waals surface area (Å²) < 4.78 is 31.6. The lowest BCUT2D eigenvalue weighted by Crippen LogP contribution is -2.22. The molecule has 0 spiro atoms. The molecule has 162 valence electrons. The van der Waals surface area contributed by atoms with Crippen LogP contribution in [0.2, 0.25) is 0 Å². The van der Waals surface area contributed by atoms with Crippen LogP contribution in [0.5, 0.6) is 5.75 Å². The van der Waals surface area contributed by atoms with Crippen molar-refractivity contribution in [2.45, 2.75) is 30.1 Å². The zero-order valence-corrected chi connectivity index (χ0v) is 18.6. The molecular formula is C24H26N2O4S. The molecular weight excluding hydrogens is 412 g/mol. The Balaban J connectivity index is 1.79. The first-order valence-corrected chi connectivity index (χ1v) is 11.4. The molecule has 0 atom stereocenters. The van der Waals surface area contributed by atoms with Crippen LogP contribution in [0.25, 0.3) is 0 Å². The van der Waals surface area contributed by atoms with Gasteiger partial charge in [0, 0.05) is 17.4 Å². The maximum absolute atomic E-state index is 13.2. The lowest BCUT2D eigenvalue weighted by atomic mass is 10.1. The van der Waals surface area contributed by atoms with Crippen molar-refractivity contribution in [1.82, 2.24) is 0 Å². The van der Waals surface area contributed by atoms with Gasteiger partial charge in [-0.15, -0.1) is 0 Å². The molecule has 2 N–H and O–H groups in total. The van der Waals surface area contributed by atoms with Crippen LogP contribution in [0.4, 0.5) is 11.4 Å². The van der Waals surface area contributed by atoms with Crippen molar-refractivity contribution >= 4 is 27.1 Å². The van der Waals surface area contributed by atoms with Gasteiger partial charge in [0.2, 0.25) is 15.7 Å². The Hall–Kier alpha value is -3.32. The van der Waals surface area contributed by atoms with E-state index in [-0.39, 0.29) is 22.2 Å². The van der Waals surface area contributed by atoms with Gasteiger partial charge in [-0.2, -0.15) is 0 Å². The van der Waals surface area contributed by atoms with E-state index in [0.29, 0.717) is 29.1 Å². The Morgan fingerprint density at radius 1 is 1.00 bits per heavy atom. The molecule has 0 aliphatic heterocycles. The summed E-state index contributed by atoms with van der Waals surface area (Å²) in [7, 11) is -2.11. The van der Waals surface area contributed by atoms with Crippen LogP contribution >= 0.6 is 0 Å². The first-order chi connectivity index (χ1) is 14.8. The van der Waals surface area contributed by atoms with Crippen molar-refractivity contribution in [1.29, 1.82) is 0 Å². The zero-order valence-electron chi connectivity index (χ0n) is 17.8.